The van der Waals surface area contributed by atoms with Crippen LogP contribution in [0.4, 0.5) is 5.69 Å². The number of likely N-dealkylation sites (N-methyl/N-ethyl adjacent to an activating group) is 1. The Hall–Kier alpha value is -0.780. The lowest BCUT2D eigenvalue weighted by molar-refractivity contribution is 0.267. The van der Waals surface area contributed by atoms with Crippen molar-refractivity contribution in [2.45, 2.75) is 6.04 Å². The van der Waals surface area contributed by atoms with E-state index in [0.717, 1.165) is 15.9 Å². The van der Waals surface area contributed by atoms with Crippen LogP contribution in [0, 0.1) is 0 Å². The van der Waals surface area contributed by atoms with Crippen molar-refractivity contribution in [1.29, 1.82) is 0 Å². The van der Waals surface area contributed by atoms with Gasteiger partial charge in [0.05, 0.1) is 18.2 Å². The Bertz CT molecular complexity index is 347. The molecule has 0 heterocycles. The number of methoxy groups -OCH3 is 1. The zero-order valence-corrected chi connectivity index (χ0v) is 11.1. The number of halogens is 1. The first-order valence-corrected chi connectivity index (χ1v) is 5.79. The Kier molecular flexibility index (Phi) is 5.05. The van der Waals surface area contributed by atoms with Crippen LogP contribution >= 0.6 is 15.9 Å². The van der Waals surface area contributed by atoms with Crippen LogP contribution in [0.3, 0.4) is 0 Å². The van der Waals surface area contributed by atoms with E-state index < -0.39 is 0 Å². The molecule has 0 spiro atoms. The summed E-state index contributed by atoms with van der Waals surface area (Å²) in [7, 11) is 3.56. The minimum Gasteiger partial charge on any atom is -0.496 e. The van der Waals surface area contributed by atoms with Gasteiger partial charge in [0.2, 0.25) is 0 Å². The van der Waals surface area contributed by atoms with Gasteiger partial charge >= 0.3 is 0 Å². The van der Waals surface area contributed by atoms with E-state index in [1.165, 1.54) is 0 Å². The summed E-state index contributed by atoms with van der Waals surface area (Å²) in [5.74, 6) is 0.795. The van der Waals surface area contributed by atoms with Gasteiger partial charge in [-0.1, -0.05) is 0 Å². The molecule has 0 aromatic heterocycles. The van der Waals surface area contributed by atoms with Crippen molar-refractivity contribution in [1.82, 2.24) is 0 Å². The molecule has 5 heteroatoms. The first-order valence-electron chi connectivity index (χ1n) is 4.99. The number of nitrogens with zero attached hydrogens (tertiary/aromatic N) is 1. The van der Waals surface area contributed by atoms with Gasteiger partial charge in [0, 0.05) is 25.3 Å². The summed E-state index contributed by atoms with van der Waals surface area (Å²) in [6, 6.07) is 5.57. The molecule has 0 amide bonds. The highest BCUT2D eigenvalue weighted by atomic mass is 79.9. The van der Waals surface area contributed by atoms with Crippen molar-refractivity contribution in [2.75, 3.05) is 32.2 Å². The van der Waals surface area contributed by atoms with Gasteiger partial charge in [0.1, 0.15) is 5.75 Å². The van der Waals surface area contributed by atoms with Gasteiger partial charge in [-0.05, 0) is 34.1 Å². The molecule has 0 radical (unpaired) electrons. The zero-order chi connectivity index (χ0) is 12.1. The van der Waals surface area contributed by atoms with Gasteiger partial charge in [-0.3, -0.25) is 0 Å². The van der Waals surface area contributed by atoms with Crippen molar-refractivity contribution >= 4 is 21.6 Å². The predicted molar refractivity (Wildman–Crippen MR) is 69.0 cm³/mol. The van der Waals surface area contributed by atoms with Crippen molar-refractivity contribution in [3.05, 3.63) is 22.7 Å². The van der Waals surface area contributed by atoms with Crippen molar-refractivity contribution in [3.63, 3.8) is 0 Å². The number of nitrogens with two attached hydrogens (primary N) is 1. The van der Waals surface area contributed by atoms with Crippen LogP contribution in [0.25, 0.3) is 0 Å². The van der Waals surface area contributed by atoms with E-state index in [9.17, 15) is 0 Å². The molecular formula is C11H17BrN2O2. The highest BCUT2D eigenvalue weighted by Gasteiger charge is 2.08. The Labute approximate surface area is 104 Å². The van der Waals surface area contributed by atoms with Crippen molar-refractivity contribution < 1.29 is 9.84 Å². The number of aliphatic hydroxyl groups is 1. The molecule has 3 N–H and O–H groups in total. The van der Waals surface area contributed by atoms with Crippen LogP contribution in [0.1, 0.15) is 0 Å². The predicted octanol–water partition coefficient (Wildman–Crippen LogP) is 1.21. The van der Waals surface area contributed by atoms with Crippen LogP contribution in [0.5, 0.6) is 5.75 Å². The van der Waals surface area contributed by atoms with E-state index in [0.29, 0.717) is 6.54 Å². The van der Waals surface area contributed by atoms with E-state index in [-0.39, 0.29) is 12.6 Å². The normalized spacial score (nSPS) is 12.3. The molecule has 0 bridgehead atoms. The molecule has 4 nitrogen and oxygen atoms in total. The highest BCUT2D eigenvalue weighted by Crippen LogP contribution is 2.29. The molecule has 1 aromatic carbocycles. The average Bonchev–Trinajstić information content (AvgIpc) is 2.28. The molecular weight excluding hydrogens is 272 g/mol. The van der Waals surface area contributed by atoms with E-state index in [1.807, 2.05) is 30.1 Å². The molecule has 16 heavy (non-hydrogen) atoms. The number of benzene rings is 1. The maximum atomic E-state index is 8.89. The van der Waals surface area contributed by atoms with Gasteiger partial charge < -0.3 is 20.5 Å². The largest absolute Gasteiger partial charge is 0.496 e. The SMILES string of the molecule is COc1ccc(N(C)CC(N)CO)cc1Br. The average molecular weight is 289 g/mol. The Morgan fingerprint density at radius 2 is 2.25 bits per heavy atom. The van der Waals surface area contributed by atoms with Crippen molar-refractivity contribution in [2.24, 2.45) is 5.73 Å². The molecule has 90 valence electrons. The summed E-state index contributed by atoms with van der Waals surface area (Å²) >= 11 is 3.43. The van der Waals surface area contributed by atoms with Crippen LogP contribution in [0.2, 0.25) is 0 Å². The molecule has 0 aliphatic carbocycles. The topological polar surface area (TPSA) is 58.7 Å². The van der Waals surface area contributed by atoms with Crippen LogP contribution in [0.15, 0.2) is 22.7 Å². The molecule has 0 aliphatic rings. The summed E-state index contributed by atoms with van der Waals surface area (Å²) in [4.78, 5) is 1.99. The summed E-state index contributed by atoms with van der Waals surface area (Å²) in [5.41, 5.74) is 6.70. The Morgan fingerprint density at radius 1 is 1.56 bits per heavy atom. The fraction of sp³-hybridized carbons (Fsp3) is 0.455. The quantitative estimate of drug-likeness (QED) is 0.855. The van der Waals surface area contributed by atoms with E-state index in [1.54, 1.807) is 7.11 Å². The molecule has 1 aromatic rings. The smallest absolute Gasteiger partial charge is 0.133 e. The van der Waals surface area contributed by atoms with Gasteiger partial charge in [0.25, 0.3) is 0 Å². The standard InChI is InChI=1S/C11H17BrN2O2/c1-14(6-8(13)7-15)9-3-4-11(16-2)10(12)5-9/h3-5,8,15H,6-7,13H2,1-2H3. The van der Waals surface area contributed by atoms with Crippen LogP contribution in [-0.2, 0) is 0 Å². The third-order valence-corrected chi connectivity index (χ3v) is 2.94. The molecule has 1 rings (SSSR count). The number of hydrogen-bond donors (Lipinski definition) is 2. The fourth-order valence-electron chi connectivity index (χ4n) is 1.41. The lowest BCUT2D eigenvalue weighted by Crippen LogP contribution is -2.37. The second-order valence-electron chi connectivity index (χ2n) is 3.64. The lowest BCUT2D eigenvalue weighted by atomic mass is 10.2. The molecule has 0 aliphatic heterocycles. The number of ether oxygens (including phenoxy) is 1. The summed E-state index contributed by atoms with van der Waals surface area (Å²) in [6.45, 7) is 0.594. The molecule has 1 unspecified atom stereocenters. The number of hydrogen-bond acceptors (Lipinski definition) is 4. The third kappa shape index (κ3) is 3.37. The first-order chi connectivity index (χ1) is 7.58. The number of rotatable bonds is 5. The summed E-state index contributed by atoms with van der Waals surface area (Å²) in [5, 5.41) is 8.89. The minimum atomic E-state index is -0.231. The fourth-order valence-corrected chi connectivity index (χ4v) is 1.94. The summed E-state index contributed by atoms with van der Waals surface area (Å²) < 4.78 is 6.05. The minimum absolute atomic E-state index is 0.0122. The molecule has 0 saturated heterocycles. The second-order valence-corrected chi connectivity index (χ2v) is 4.50. The zero-order valence-electron chi connectivity index (χ0n) is 9.48. The maximum absolute atomic E-state index is 8.89. The van der Waals surface area contributed by atoms with E-state index >= 15 is 0 Å². The molecule has 0 saturated carbocycles. The van der Waals surface area contributed by atoms with Gasteiger partial charge in [-0.15, -0.1) is 0 Å². The van der Waals surface area contributed by atoms with Crippen molar-refractivity contribution in [3.8, 4) is 5.75 Å². The van der Waals surface area contributed by atoms with Crippen LogP contribution < -0.4 is 15.4 Å². The van der Waals surface area contributed by atoms with Gasteiger partial charge in [-0.25, -0.2) is 0 Å². The lowest BCUT2D eigenvalue weighted by Gasteiger charge is -2.22. The van der Waals surface area contributed by atoms with E-state index in [4.69, 9.17) is 15.6 Å². The Morgan fingerprint density at radius 3 is 2.75 bits per heavy atom. The third-order valence-electron chi connectivity index (χ3n) is 2.32. The number of anilines is 1. The maximum Gasteiger partial charge on any atom is 0.133 e. The summed E-state index contributed by atoms with van der Waals surface area (Å²) in [6.07, 6.45) is 0. The Balaban J connectivity index is 2.76. The highest BCUT2D eigenvalue weighted by molar-refractivity contribution is 9.10. The van der Waals surface area contributed by atoms with Gasteiger partial charge in [-0.2, -0.15) is 0 Å². The molecule has 0 fully saturated rings. The second kappa shape index (κ2) is 6.08. The van der Waals surface area contributed by atoms with Crippen LogP contribution in [-0.4, -0.2) is 38.5 Å². The van der Waals surface area contributed by atoms with Gasteiger partial charge in [0.15, 0.2) is 0 Å². The molecule has 1 atom stereocenters. The first kappa shape index (κ1) is 13.3. The monoisotopic (exact) mass is 288 g/mol. The van der Waals surface area contributed by atoms with E-state index in [2.05, 4.69) is 15.9 Å². The number of aliphatic hydroxyl groups excluding tert-OH is 1.